The predicted octanol–water partition coefficient (Wildman–Crippen LogP) is 0.706. The van der Waals surface area contributed by atoms with Crippen LogP contribution in [0.3, 0.4) is 0 Å². The number of carbonyl (C=O) groups is 1. The van der Waals surface area contributed by atoms with Gasteiger partial charge in [-0.15, -0.1) is 0 Å². The highest BCUT2D eigenvalue weighted by atomic mass is 16.2. The number of nitrogens with zero attached hydrogens (tertiary/aromatic N) is 3. The Bertz CT molecular complexity index is 565. The summed E-state index contributed by atoms with van der Waals surface area (Å²) in [6.45, 7) is 4.66. The van der Waals surface area contributed by atoms with E-state index >= 15 is 0 Å². The van der Waals surface area contributed by atoms with Gasteiger partial charge in [-0.25, -0.2) is 4.98 Å². The van der Waals surface area contributed by atoms with Gasteiger partial charge in [-0.1, -0.05) is 0 Å². The molecule has 0 aromatic carbocycles. The van der Waals surface area contributed by atoms with E-state index in [9.17, 15) is 9.59 Å². The third-order valence-electron chi connectivity index (χ3n) is 3.98. The van der Waals surface area contributed by atoms with Crippen LogP contribution < -0.4 is 10.5 Å². The van der Waals surface area contributed by atoms with E-state index in [0.29, 0.717) is 12.5 Å². The quantitative estimate of drug-likeness (QED) is 0.863. The van der Waals surface area contributed by atoms with Crippen molar-refractivity contribution in [2.75, 3.05) is 31.1 Å². The zero-order valence-electron chi connectivity index (χ0n) is 11.8. The Kier molecular flexibility index (Phi) is 3.46. The standard InChI is InChI=1S/C14H20N4O2/c1-10(19)17-5-2-6-18(8-7-17)12-9-13(20)16-14(15-12)11-3-4-11/h9,11H,2-8H2,1H3,(H,15,16,20). The molecule has 1 aromatic heterocycles. The number of amides is 1. The third kappa shape index (κ3) is 2.84. The number of nitrogens with one attached hydrogen (secondary N) is 1. The largest absolute Gasteiger partial charge is 0.355 e. The first-order chi connectivity index (χ1) is 9.63. The summed E-state index contributed by atoms with van der Waals surface area (Å²) in [4.78, 5) is 34.6. The maximum Gasteiger partial charge on any atom is 0.252 e. The van der Waals surface area contributed by atoms with Crippen molar-refractivity contribution in [3.8, 4) is 0 Å². The molecule has 108 valence electrons. The third-order valence-corrected chi connectivity index (χ3v) is 3.98. The topological polar surface area (TPSA) is 69.3 Å². The van der Waals surface area contributed by atoms with Crippen molar-refractivity contribution >= 4 is 11.7 Å². The maximum atomic E-state index is 11.8. The Hall–Kier alpha value is -1.85. The van der Waals surface area contributed by atoms with Crippen LogP contribution in [0.1, 0.15) is 37.9 Å². The lowest BCUT2D eigenvalue weighted by molar-refractivity contribution is -0.128. The number of hydrogen-bond donors (Lipinski definition) is 1. The van der Waals surface area contributed by atoms with E-state index in [0.717, 1.165) is 50.5 Å². The summed E-state index contributed by atoms with van der Waals surface area (Å²) in [7, 11) is 0. The molecular formula is C14H20N4O2. The average Bonchev–Trinajstić information content (AvgIpc) is 3.24. The van der Waals surface area contributed by atoms with E-state index in [4.69, 9.17) is 0 Å². The Labute approximate surface area is 117 Å². The van der Waals surface area contributed by atoms with E-state index in [1.54, 1.807) is 13.0 Å². The van der Waals surface area contributed by atoms with Crippen LogP contribution in [0, 0.1) is 0 Å². The van der Waals surface area contributed by atoms with E-state index in [1.807, 2.05) is 4.90 Å². The molecule has 2 aliphatic rings. The summed E-state index contributed by atoms with van der Waals surface area (Å²) in [6, 6.07) is 1.56. The van der Waals surface area contributed by atoms with Gasteiger partial charge in [-0.3, -0.25) is 9.59 Å². The normalized spacial score (nSPS) is 19.9. The fraction of sp³-hybridized carbons (Fsp3) is 0.643. The average molecular weight is 276 g/mol. The van der Waals surface area contributed by atoms with E-state index in [1.165, 1.54) is 0 Å². The minimum absolute atomic E-state index is 0.0791. The van der Waals surface area contributed by atoms with Crippen molar-refractivity contribution in [3.05, 3.63) is 22.2 Å². The van der Waals surface area contributed by atoms with Gasteiger partial charge in [0.25, 0.3) is 5.56 Å². The van der Waals surface area contributed by atoms with Gasteiger partial charge in [0.15, 0.2) is 0 Å². The first-order valence-corrected chi connectivity index (χ1v) is 7.25. The molecule has 20 heavy (non-hydrogen) atoms. The molecule has 0 radical (unpaired) electrons. The molecule has 2 heterocycles. The van der Waals surface area contributed by atoms with Crippen molar-refractivity contribution in [1.29, 1.82) is 0 Å². The summed E-state index contributed by atoms with van der Waals surface area (Å²) < 4.78 is 0. The van der Waals surface area contributed by atoms with Crippen molar-refractivity contribution < 1.29 is 4.79 Å². The summed E-state index contributed by atoms with van der Waals surface area (Å²) in [6.07, 6.45) is 3.14. The van der Waals surface area contributed by atoms with Gasteiger partial charge in [0.1, 0.15) is 11.6 Å². The van der Waals surface area contributed by atoms with Gasteiger partial charge in [-0.05, 0) is 19.3 Å². The molecular weight excluding hydrogens is 256 g/mol. The van der Waals surface area contributed by atoms with Crippen LogP contribution in [0.2, 0.25) is 0 Å². The van der Waals surface area contributed by atoms with Crippen LogP contribution in [0.4, 0.5) is 5.82 Å². The molecule has 1 N–H and O–H groups in total. The summed E-state index contributed by atoms with van der Waals surface area (Å²) in [5.74, 6) is 2.12. The lowest BCUT2D eigenvalue weighted by Crippen LogP contribution is -2.34. The summed E-state index contributed by atoms with van der Waals surface area (Å²) in [5, 5.41) is 0. The molecule has 1 saturated heterocycles. The second-order valence-corrected chi connectivity index (χ2v) is 5.61. The Balaban J connectivity index is 1.78. The van der Waals surface area contributed by atoms with Gasteiger partial charge in [-0.2, -0.15) is 0 Å². The zero-order chi connectivity index (χ0) is 14.1. The number of rotatable bonds is 2. The molecule has 1 aliphatic carbocycles. The molecule has 1 amide bonds. The van der Waals surface area contributed by atoms with Crippen molar-refractivity contribution in [3.63, 3.8) is 0 Å². The number of H-pyrrole nitrogens is 1. The minimum atomic E-state index is -0.0791. The molecule has 1 saturated carbocycles. The molecule has 3 rings (SSSR count). The first kappa shape index (κ1) is 13.1. The minimum Gasteiger partial charge on any atom is -0.355 e. The van der Waals surface area contributed by atoms with Gasteiger partial charge in [0.05, 0.1) is 0 Å². The van der Waals surface area contributed by atoms with Crippen LogP contribution in [-0.2, 0) is 4.79 Å². The molecule has 0 atom stereocenters. The number of aromatic nitrogens is 2. The smallest absolute Gasteiger partial charge is 0.252 e. The highest BCUT2D eigenvalue weighted by Gasteiger charge is 2.27. The molecule has 1 aromatic rings. The lowest BCUT2D eigenvalue weighted by Gasteiger charge is -2.22. The van der Waals surface area contributed by atoms with Gasteiger partial charge in [0, 0.05) is 45.1 Å². The SMILES string of the molecule is CC(=O)N1CCCN(c2cc(=O)[nH]c(C3CC3)n2)CC1. The Morgan fingerprint density at radius 2 is 2.10 bits per heavy atom. The van der Waals surface area contributed by atoms with Crippen molar-refractivity contribution in [2.24, 2.45) is 0 Å². The lowest BCUT2D eigenvalue weighted by atomic mass is 10.3. The van der Waals surface area contributed by atoms with Crippen LogP contribution in [0.25, 0.3) is 0 Å². The monoisotopic (exact) mass is 276 g/mol. The molecule has 0 unspecified atom stereocenters. The van der Waals surface area contributed by atoms with E-state index in [2.05, 4.69) is 14.9 Å². The highest BCUT2D eigenvalue weighted by Crippen LogP contribution is 2.37. The Morgan fingerprint density at radius 1 is 1.30 bits per heavy atom. The van der Waals surface area contributed by atoms with Crippen LogP contribution in [0.15, 0.2) is 10.9 Å². The van der Waals surface area contributed by atoms with Gasteiger partial charge >= 0.3 is 0 Å². The molecule has 6 nitrogen and oxygen atoms in total. The number of aromatic amines is 1. The van der Waals surface area contributed by atoms with Gasteiger partial charge < -0.3 is 14.8 Å². The first-order valence-electron chi connectivity index (χ1n) is 7.25. The van der Waals surface area contributed by atoms with Crippen LogP contribution >= 0.6 is 0 Å². The molecule has 0 bridgehead atoms. The fourth-order valence-electron chi connectivity index (χ4n) is 2.64. The van der Waals surface area contributed by atoms with Gasteiger partial charge in [0.2, 0.25) is 5.91 Å². The van der Waals surface area contributed by atoms with Crippen molar-refractivity contribution in [1.82, 2.24) is 14.9 Å². The number of carbonyl (C=O) groups excluding carboxylic acids is 1. The number of hydrogen-bond acceptors (Lipinski definition) is 4. The Morgan fingerprint density at radius 3 is 2.80 bits per heavy atom. The maximum absolute atomic E-state index is 11.8. The van der Waals surface area contributed by atoms with Crippen LogP contribution in [-0.4, -0.2) is 47.0 Å². The van der Waals surface area contributed by atoms with E-state index < -0.39 is 0 Å². The summed E-state index contributed by atoms with van der Waals surface area (Å²) >= 11 is 0. The van der Waals surface area contributed by atoms with Crippen LogP contribution in [0.5, 0.6) is 0 Å². The highest BCUT2D eigenvalue weighted by molar-refractivity contribution is 5.73. The molecule has 2 fully saturated rings. The fourth-order valence-corrected chi connectivity index (χ4v) is 2.64. The molecule has 1 aliphatic heterocycles. The molecule has 6 heteroatoms. The van der Waals surface area contributed by atoms with E-state index in [-0.39, 0.29) is 11.5 Å². The number of anilines is 1. The predicted molar refractivity (Wildman–Crippen MR) is 75.9 cm³/mol. The zero-order valence-corrected chi connectivity index (χ0v) is 11.8. The van der Waals surface area contributed by atoms with Crippen molar-refractivity contribution in [2.45, 2.75) is 32.1 Å². The summed E-state index contributed by atoms with van der Waals surface area (Å²) in [5.41, 5.74) is -0.0791. The second kappa shape index (κ2) is 5.26. The molecule has 0 spiro atoms. The second-order valence-electron chi connectivity index (χ2n) is 5.61.